The Morgan fingerprint density at radius 3 is 2.50 bits per heavy atom. The molecule has 0 saturated carbocycles. The number of aryl methyl sites for hydroxylation is 1. The minimum Gasteiger partial charge on any atom is -0.497 e. The van der Waals surface area contributed by atoms with Crippen molar-refractivity contribution >= 4 is 39.3 Å². The third-order valence-corrected chi connectivity index (χ3v) is 5.17. The molecule has 22 heavy (non-hydrogen) atoms. The number of ether oxygens (including phenoxy) is 1. The summed E-state index contributed by atoms with van der Waals surface area (Å²) in [5, 5.41) is 2.76. The molecule has 0 spiro atoms. The standard InChI is InChI=1S/C17H18BrNO2S/c1-11-10-13(4-9-16(11)18)19-17(20)12(2)22-15-7-5-14(21-3)6-8-15/h4-10,12H,1-3H3,(H,19,20). The summed E-state index contributed by atoms with van der Waals surface area (Å²) in [5.74, 6) is 0.800. The van der Waals surface area contributed by atoms with E-state index in [1.54, 1.807) is 7.11 Å². The number of benzene rings is 2. The van der Waals surface area contributed by atoms with E-state index in [9.17, 15) is 4.79 Å². The van der Waals surface area contributed by atoms with Gasteiger partial charge in [-0.05, 0) is 61.9 Å². The zero-order valence-electron chi connectivity index (χ0n) is 12.7. The average molecular weight is 380 g/mol. The van der Waals surface area contributed by atoms with Crippen LogP contribution in [0.1, 0.15) is 12.5 Å². The van der Waals surface area contributed by atoms with Gasteiger partial charge in [0.25, 0.3) is 0 Å². The van der Waals surface area contributed by atoms with E-state index in [-0.39, 0.29) is 11.2 Å². The Hall–Kier alpha value is -1.46. The Kier molecular flexibility index (Phi) is 5.91. The van der Waals surface area contributed by atoms with Gasteiger partial charge in [0, 0.05) is 15.1 Å². The molecule has 0 bridgehead atoms. The molecule has 0 saturated heterocycles. The summed E-state index contributed by atoms with van der Waals surface area (Å²) in [6.45, 7) is 3.89. The Labute approximate surface area is 143 Å². The van der Waals surface area contributed by atoms with Crippen LogP contribution in [0.15, 0.2) is 51.8 Å². The number of anilines is 1. The summed E-state index contributed by atoms with van der Waals surface area (Å²) in [7, 11) is 1.64. The highest BCUT2D eigenvalue weighted by Crippen LogP contribution is 2.26. The van der Waals surface area contributed by atoms with Crippen molar-refractivity contribution in [1.29, 1.82) is 0 Å². The molecule has 1 N–H and O–H groups in total. The zero-order chi connectivity index (χ0) is 16.1. The predicted molar refractivity (Wildman–Crippen MR) is 95.8 cm³/mol. The second kappa shape index (κ2) is 7.70. The molecule has 2 aromatic carbocycles. The van der Waals surface area contributed by atoms with E-state index in [0.717, 1.165) is 26.4 Å². The Bertz CT molecular complexity index is 658. The van der Waals surface area contributed by atoms with Crippen LogP contribution in [0.4, 0.5) is 5.69 Å². The fourth-order valence-corrected chi connectivity index (χ4v) is 2.99. The summed E-state index contributed by atoms with van der Waals surface area (Å²) in [4.78, 5) is 13.3. The van der Waals surface area contributed by atoms with Crippen molar-refractivity contribution in [2.45, 2.75) is 24.0 Å². The lowest BCUT2D eigenvalue weighted by molar-refractivity contribution is -0.115. The maximum absolute atomic E-state index is 12.3. The summed E-state index contributed by atoms with van der Waals surface area (Å²) < 4.78 is 6.16. The lowest BCUT2D eigenvalue weighted by Gasteiger charge is -2.13. The first-order chi connectivity index (χ1) is 10.5. The quantitative estimate of drug-likeness (QED) is 0.751. The molecule has 1 amide bonds. The van der Waals surface area contributed by atoms with Crippen LogP contribution in [0.25, 0.3) is 0 Å². The molecule has 116 valence electrons. The lowest BCUT2D eigenvalue weighted by Crippen LogP contribution is -2.22. The van der Waals surface area contributed by atoms with Crippen molar-refractivity contribution in [2.24, 2.45) is 0 Å². The van der Waals surface area contributed by atoms with Crippen LogP contribution < -0.4 is 10.1 Å². The molecule has 0 aliphatic heterocycles. The summed E-state index contributed by atoms with van der Waals surface area (Å²) >= 11 is 4.97. The lowest BCUT2D eigenvalue weighted by atomic mass is 10.2. The number of rotatable bonds is 5. The number of methoxy groups -OCH3 is 1. The highest BCUT2D eigenvalue weighted by molar-refractivity contribution is 9.10. The van der Waals surface area contributed by atoms with Gasteiger partial charge in [-0.3, -0.25) is 4.79 Å². The van der Waals surface area contributed by atoms with Crippen molar-refractivity contribution in [1.82, 2.24) is 0 Å². The molecular weight excluding hydrogens is 362 g/mol. The van der Waals surface area contributed by atoms with Crippen LogP contribution in [-0.4, -0.2) is 18.3 Å². The number of hydrogen-bond acceptors (Lipinski definition) is 3. The van der Waals surface area contributed by atoms with Crippen molar-refractivity contribution in [3.63, 3.8) is 0 Å². The Morgan fingerprint density at radius 2 is 1.91 bits per heavy atom. The van der Waals surface area contributed by atoms with Gasteiger partial charge in [0.2, 0.25) is 5.91 Å². The minimum atomic E-state index is -0.183. The molecule has 1 atom stereocenters. The SMILES string of the molecule is COc1ccc(SC(C)C(=O)Nc2ccc(Br)c(C)c2)cc1. The molecule has 1 unspecified atom stereocenters. The van der Waals surface area contributed by atoms with E-state index in [4.69, 9.17) is 4.74 Å². The first kappa shape index (κ1) is 16.9. The van der Waals surface area contributed by atoms with E-state index in [2.05, 4.69) is 21.2 Å². The van der Waals surface area contributed by atoms with E-state index in [1.807, 2.05) is 56.3 Å². The molecule has 3 nitrogen and oxygen atoms in total. The number of nitrogens with one attached hydrogen (secondary N) is 1. The van der Waals surface area contributed by atoms with Gasteiger partial charge in [-0.15, -0.1) is 11.8 Å². The maximum Gasteiger partial charge on any atom is 0.237 e. The summed E-state index contributed by atoms with van der Waals surface area (Å²) in [6, 6.07) is 13.5. The third-order valence-electron chi connectivity index (χ3n) is 3.17. The molecule has 5 heteroatoms. The first-order valence-corrected chi connectivity index (χ1v) is 8.54. The van der Waals surface area contributed by atoms with Gasteiger partial charge in [0.05, 0.1) is 12.4 Å². The normalized spacial score (nSPS) is 11.8. The third kappa shape index (κ3) is 4.52. The molecule has 0 fully saturated rings. The van der Waals surface area contributed by atoms with Gasteiger partial charge in [0.1, 0.15) is 5.75 Å². The van der Waals surface area contributed by atoms with Crippen LogP contribution in [-0.2, 0) is 4.79 Å². The largest absolute Gasteiger partial charge is 0.497 e. The molecule has 0 radical (unpaired) electrons. The second-order valence-electron chi connectivity index (χ2n) is 4.89. The number of halogens is 1. The molecule has 2 rings (SSSR count). The van der Waals surface area contributed by atoms with Crippen LogP contribution >= 0.6 is 27.7 Å². The molecule has 0 aliphatic rings. The Balaban J connectivity index is 1.97. The van der Waals surface area contributed by atoms with Crippen molar-refractivity contribution in [3.05, 3.63) is 52.5 Å². The van der Waals surface area contributed by atoms with Crippen LogP contribution in [0.2, 0.25) is 0 Å². The summed E-state index contributed by atoms with van der Waals surface area (Å²) in [5.41, 5.74) is 1.90. The van der Waals surface area contributed by atoms with Gasteiger partial charge >= 0.3 is 0 Å². The van der Waals surface area contributed by atoms with Gasteiger partial charge in [-0.2, -0.15) is 0 Å². The number of amides is 1. The van der Waals surface area contributed by atoms with Gasteiger partial charge in [-0.25, -0.2) is 0 Å². The number of carbonyl (C=O) groups is 1. The van der Waals surface area contributed by atoms with Crippen LogP contribution in [0.3, 0.4) is 0 Å². The molecule has 0 aliphatic carbocycles. The number of hydrogen-bond donors (Lipinski definition) is 1. The van der Waals surface area contributed by atoms with Crippen molar-refractivity contribution in [2.75, 3.05) is 12.4 Å². The zero-order valence-corrected chi connectivity index (χ0v) is 15.1. The topological polar surface area (TPSA) is 38.3 Å². The molecule has 0 heterocycles. The molecule has 2 aromatic rings. The van der Waals surface area contributed by atoms with E-state index in [1.165, 1.54) is 11.8 Å². The summed E-state index contributed by atoms with van der Waals surface area (Å²) in [6.07, 6.45) is 0. The minimum absolute atomic E-state index is 0.0115. The monoisotopic (exact) mass is 379 g/mol. The first-order valence-electron chi connectivity index (χ1n) is 6.87. The highest BCUT2D eigenvalue weighted by Gasteiger charge is 2.15. The van der Waals surface area contributed by atoms with Crippen molar-refractivity contribution in [3.8, 4) is 5.75 Å². The smallest absolute Gasteiger partial charge is 0.237 e. The highest BCUT2D eigenvalue weighted by atomic mass is 79.9. The van der Waals surface area contributed by atoms with E-state index in [0.29, 0.717) is 0 Å². The number of thioether (sulfide) groups is 1. The Morgan fingerprint density at radius 1 is 1.23 bits per heavy atom. The average Bonchev–Trinajstić information content (AvgIpc) is 2.51. The van der Waals surface area contributed by atoms with Crippen LogP contribution in [0, 0.1) is 6.92 Å². The van der Waals surface area contributed by atoms with Crippen molar-refractivity contribution < 1.29 is 9.53 Å². The van der Waals surface area contributed by atoms with Crippen LogP contribution in [0.5, 0.6) is 5.75 Å². The van der Waals surface area contributed by atoms with Gasteiger partial charge < -0.3 is 10.1 Å². The molecule has 0 aromatic heterocycles. The number of carbonyl (C=O) groups excluding carboxylic acids is 1. The van der Waals surface area contributed by atoms with Gasteiger partial charge in [0.15, 0.2) is 0 Å². The van der Waals surface area contributed by atoms with Gasteiger partial charge in [-0.1, -0.05) is 15.9 Å². The fraction of sp³-hybridized carbons (Fsp3) is 0.235. The maximum atomic E-state index is 12.3. The second-order valence-corrected chi connectivity index (χ2v) is 7.16. The predicted octanol–water partition coefficient (Wildman–Crippen LogP) is 4.89. The molecular formula is C17H18BrNO2S. The van der Waals surface area contributed by atoms with E-state index >= 15 is 0 Å². The van der Waals surface area contributed by atoms with E-state index < -0.39 is 0 Å². The fourth-order valence-electron chi connectivity index (χ4n) is 1.88.